The first kappa shape index (κ1) is 35.0. The molecule has 0 saturated heterocycles. The van der Waals surface area contributed by atoms with Gasteiger partial charge in [0.05, 0.1) is 41.3 Å². The van der Waals surface area contributed by atoms with Crippen molar-refractivity contribution in [3.05, 3.63) is 106 Å². The second-order valence-corrected chi connectivity index (χ2v) is 15.4. The number of sulfone groups is 1. The van der Waals surface area contributed by atoms with Gasteiger partial charge in [0.2, 0.25) is 0 Å². The van der Waals surface area contributed by atoms with E-state index in [1.807, 2.05) is 31.2 Å². The first-order valence-electron chi connectivity index (χ1n) is 16.9. The topological polar surface area (TPSA) is 147 Å². The third-order valence-corrected chi connectivity index (χ3v) is 11.2. The lowest BCUT2D eigenvalue weighted by Crippen LogP contribution is -2.29. The van der Waals surface area contributed by atoms with E-state index in [0.717, 1.165) is 11.1 Å². The van der Waals surface area contributed by atoms with Crippen LogP contribution in [0.15, 0.2) is 60.8 Å². The van der Waals surface area contributed by atoms with Crippen LogP contribution in [0.25, 0.3) is 22.3 Å². The average molecular weight is 730 g/mol. The summed E-state index contributed by atoms with van der Waals surface area (Å²) < 4.78 is 73.3. The Morgan fingerprint density at radius 2 is 1.94 bits per heavy atom. The molecule has 0 aliphatic carbocycles. The summed E-state index contributed by atoms with van der Waals surface area (Å²) in [7, 11) is -2.16. The van der Waals surface area contributed by atoms with Crippen LogP contribution in [0.1, 0.15) is 60.6 Å². The number of aromatic nitrogens is 7. The minimum atomic E-state index is -3.79. The molecular weight excluding hydrogens is 693 g/mol. The predicted octanol–water partition coefficient (Wildman–Crippen LogP) is 6.10. The number of hydrogen-bond acceptors (Lipinski definition) is 9. The van der Waals surface area contributed by atoms with Crippen molar-refractivity contribution in [1.82, 2.24) is 34.7 Å². The Morgan fingerprint density at radius 3 is 2.75 bits per heavy atom. The molecule has 1 unspecified atom stereocenters. The second kappa shape index (κ2) is 13.6. The number of aromatic amines is 1. The van der Waals surface area contributed by atoms with Crippen molar-refractivity contribution >= 4 is 26.7 Å². The smallest absolute Gasteiger partial charge is 0.306 e. The van der Waals surface area contributed by atoms with Crippen LogP contribution < -0.4 is 4.74 Å². The lowest BCUT2D eigenvalue weighted by Gasteiger charge is -2.28. The molecule has 15 heteroatoms. The number of halogens is 2. The normalized spacial score (nSPS) is 17.2. The number of aryl methyl sites for hydroxylation is 2. The number of ether oxygens (including phenoxy) is 2. The molecule has 0 saturated carbocycles. The molecule has 7 rings (SSSR count). The highest BCUT2D eigenvalue weighted by Crippen LogP contribution is 2.39. The highest BCUT2D eigenvalue weighted by Gasteiger charge is 2.37. The van der Waals surface area contributed by atoms with E-state index in [-0.39, 0.29) is 77.9 Å². The Balaban J connectivity index is 1.38. The molecule has 1 atom stereocenters. The first-order valence-corrected chi connectivity index (χ1v) is 18.7. The van der Waals surface area contributed by atoms with Gasteiger partial charge in [0.1, 0.15) is 17.3 Å². The number of esters is 1. The molecular formula is C37H37F2N7O5S. The first-order chi connectivity index (χ1) is 24.8. The van der Waals surface area contributed by atoms with Gasteiger partial charge in [-0.1, -0.05) is 29.5 Å². The standard InChI is InChI=1S/C37H37F2N7O5S/c1-5-50-33(47)12-9-23-7-6-8-24(17-23)37(3)14-16-52(48,49)21-32-22(2)46(44-42-32)20-28-26-13-15-40-31(26)19-30(39)34(28)51-25-10-11-29(38)27(18-25)35-41-36(37)43-45(35)4/h6-8,10-11,13,15,17-19,40H,5,9,12,14,16,20-21H2,1-4H3. The molecule has 3 aromatic carbocycles. The van der Waals surface area contributed by atoms with Crippen molar-refractivity contribution in [3.8, 4) is 22.9 Å². The number of nitrogens with one attached hydrogen (secondary N) is 1. The van der Waals surface area contributed by atoms with Gasteiger partial charge in [0.15, 0.2) is 33.1 Å². The number of benzene rings is 3. The van der Waals surface area contributed by atoms with Crippen LogP contribution >= 0.6 is 0 Å². The van der Waals surface area contributed by atoms with Crippen molar-refractivity contribution in [2.45, 2.75) is 57.7 Å². The minimum Gasteiger partial charge on any atom is -0.466 e. The summed E-state index contributed by atoms with van der Waals surface area (Å²) in [5.74, 6) is -1.72. The van der Waals surface area contributed by atoms with Crippen molar-refractivity contribution in [1.29, 1.82) is 0 Å². The van der Waals surface area contributed by atoms with Crippen molar-refractivity contribution in [3.63, 3.8) is 0 Å². The summed E-state index contributed by atoms with van der Waals surface area (Å²) in [4.78, 5) is 20.0. The van der Waals surface area contributed by atoms with Gasteiger partial charge in [-0.25, -0.2) is 31.5 Å². The van der Waals surface area contributed by atoms with Gasteiger partial charge >= 0.3 is 5.97 Å². The molecule has 0 amide bonds. The summed E-state index contributed by atoms with van der Waals surface area (Å²) in [6.07, 6.45) is 2.35. The average Bonchev–Trinajstić information content (AvgIpc) is 3.84. The number of H-pyrrole nitrogens is 1. The number of carbonyl (C=O) groups is 1. The van der Waals surface area contributed by atoms with Gasteiger partial charge in [-0.15, -0.1) is 5.10 Å². The van der Waals surface area contributed by atoms with E-state index >= 15 is 8.78 Å². The molecule has 0 fully saturated rings. The largest absolute Gasteiger partial charge is 0.466 e. The fourth-order valence-corrected chi connectivity index (χ4v) is 8.15. The van der Waals surface area contributed by atoms with Crippen LogP contribution in [-0.4, -0.2) is 61.5 Å². The molecule has 0 radical (unpaired) electrons. The van der Waals surface area contributed by atoms with Gasteiger partial charge in [-0.2, -0.15) is 5.10 Å². The maximum Gasteiger partial charge on any atom is 0.306 e. The Hall–Kier alpha value is -5.44. The zero-order chi connectivity index (χ0) is 36.8. The second-order valence-electron chi connectivity index (χ2n) is 13.2. The van der Waals surface area contributed by atoms with Crippen LogP contribution in [0.3, 0.4) is 0 Å². The molecule has 270 valence electrons. The molecule has 52 heavy (non-hydrogen) atoms. The van der Waals surface area contributed by atoms with Crippen LogP contribution in [0.2, 0.25) is 0 Å². The number of carbonyl (C=O) groups excluding carboxylic acids is 1. The SMILES string of the molecule is CCOC(=O)CCc1cccc(C2(C)CCS(=O)(=O)Cc3nnn(c3C)Cc3c(c(F)cc4[nH]ccc34)Oc3ccc(F)c(c3)-c3nc2nn3C)c1. The molecule has 1 aliphatic heterocycles. The van der Waals surface area contributed by atoms with Crippen LogP contribution in [0.5, 0.6) is 11.5 Å². The zero-order valence-electron chi connectivity index (χ0n) is 29.1. The highest BCUT2D eigenvalue weighted by atomic mass is 32.2. The van der Waals surface area contributed by atoms with Crippen molar-refractivity contribution in [2.75, 3.05) is 12.4 Å². The highest BCUT2D eigenvalue weighted by molar-refractivity contribution is 7.90. The van der Waals surface area contributed by atoms with Gasteiger partial charge in [0.25, 0.3) is 0 Å². The monoisotopic (exact) mass is 729 g/mol. The van der Waals surface area contributed by atoms with Gasteiger partial charge in [-0.3, -0.25) is 4.79 Å². The number of fused-ring (bicyclic) bond motifs is 10. The van der Waals surface area contributed by atoms with Crippen molar-refractivity contribution < 1.29 is 31.5 Å². The quantitative estimate of drug-likeness (QED) is 0.208. The van der Waals surface area contributed by atoms with E-state index in [4.69, 9.17) is 19.6 Å². The van der Waals surface area contributed by atoms with E-state index < -0.39 is 26.9 Å². The molecule has 0 spiro atoms. The third-order valence-electron chi connectivity index (χ3n) is 9.66. The lowest BCUT2D eigenvalue weighted by molar-refractivity contribution is -0.143. The Bertz CT molecular complexity index is 2440. The number of hydrogen-bond donors (Lipinski definition) is 1. The predicted molar refractivity (Wildman–Crippen MR) is 189 cm³/mol. The minimum absolute atomic E-state index is 0.0194. The molecule has 6 aromatic rings. The van der Waals surface area contributed by atoms with E-state index in [0.29, 0.717) is 28.6 Å². The van der Waals surface area contributed by atoms with Gasteiger partial charge in [0, 0.05) is 42.2 Å². The third kappa shape index (κ3) is 6.67. The maximum absolute atomic E-state index is 15.8. The molecule has 4 heterocycles. The summed E-state index contributed by atoms with van der Waals surface area (Å²) >= 11 is 0. The molecule has 1 aliphatic rings. The molecule has 1 N–H and O–H groups in total. The van der Waals surface area contributed by atoms with Gasteiger partial charge < -0.3 is 14.5 Å². The maximum atomic E-state index is 15.8. The summed E-state index contributed by atoms with van der Waals surface area (Å²) in [6, 6.07) is 14.7. The summed E-state index contributed by atoms with van der Waals surface area (Å²) in [6.45, 7) is 5.62. The fourth-order valence-electron chi connectivity index (χ4n) is 6.61. The molecule has 6 bridgehead atoms. The number of nitrogens with zero attached hydrogens (tertiary/aromatic N) is 6. The lowest BCUT2D eigenvalue weighted by atomic mass is 9.78. The van der Waals surface area contributed by atoms with Crippen LogP contribution in [0.4, 0.5) is 8.78 Å². The summed E-state index contributed by atoms with van der Waals surface area (Å²) in [5, 5.41) is 13.9. The molecule has 12 nitrogen and oxygen atoms in total. The molecule has 3 aromatic heterocycles. The Kier molecular flexibility index (Phi) is 9.15. The van der Waals surface area contributed by atoms with Crippen molar-refractivity contribution in [2.24, 2.45) is 7.05 Å². The fraction of sp³-hybridized carbons (Fsp3) is 0.324. The van der Waals surface area contributed by atoms with E-state index in [9.17, 15) is 13.2 Å². The van der Waals surface area contributed by atoms with Gasteiger partial charge in [-0.05, 0) is 69.0 Å². The van der Waals surface area contributed by atoms with Crippen LogP contribution in [0, 0.1) is 18.6 Å². The Labute approximate surface area is 298 Å². The number of rotatable bonds is 5. The van der Waals surface area contributed by atoms with Crippen LogP contribution in [-0.2, 0) is 50.5 Å². The zero-order valence-corrected chi connectivity index (χ0v) is 29.9. The Morgan fingerprint density at radius 1 is 1.12 bits per heavy atom. The summed E-state index contributed by atoms with van der Waals surface area (Å²) in [5.41, 5.74) is 2.29. The van der Waals surface area contributed by atoms with E-state index in [1.165, 1.54) is 33.6 Å². The van der Waals surface area contributed by atoms with E-state index in [1.54, 1.807) is 33.2 Å². The van der Waals surface area contributed by atoms with E-state index in [2.05, 4.69) is 15.3 Å².